The molecule has 134 valence electrons. The summed E-state index contributed by atoms with van der Waals surface area (Å²) in [6, 6.07) is 7.07. The Labute approximate surface area is 148 Å². The van der Waals surface area contributed by atoms with Gasteiger partial charge in [0.15, 0.2) is 0 Å². The van der Waals surface area contributed by atoms with Crippen LogP contribution < -0.4 is 16.0 Å². The van der Waals surface area contributed by atoms with E-state index in [1.807, 2.05) is 12.1 Å². The third kappa shape index (κ3) is 6.35. The van der Waals surface area contributed by atoms with Gasteiger partial charge in [-0.05, 0) is 25.0 Å². The van der Waals surface area contributed by atoms with Crippen molar-refractivity contribution in [2.45, 2.75) is 12.8 Å². The Bertz CT molecular complexity index is 536. The second-order valence-corrected chi connectivity index (χ2v) is 5.39. The lowest BCUT2D eigenvalue weighted by Crippen LogP contribution is -2.33. The van der Waals surface area contributed by atoms with Crippen LogP contribution in [0.4, 0.5) is 16.2 Å². The van der Waals surface area contributed by atoms with Gasteiger partial charge < -0.3 is 25.6 Å². The van der Waals surface area contributed by atoms with E-state index >= 15 is 0 Å². The number of urea groups is 1. The highest BCUT2D eigenvalue weighted by molar-refractivity contribution is 5.99. The van der Waals surface area contributed by atoms with Crippen LogP contribution in [0.15, 0.2) is 24.3 Å². The quantitative estimate of drug-likeness (QED) is 0.652. The van der Waals surface area contributed by atoms with Gasteiger partial charge >= 0.3 is 6.03 Å². The molecular formula is C16H25ClN4O3. The minimum absolute atomic E-state index is 0. The van der Waals surface area contributed by atoms with Crippen LogP contribution in [0.25, 0.3) is 0 Å². The fraction of sp³-hybridized carbons (Fsp3) is 0.500. The Morgan fingerprint density at radius 3 is 2.38 bits per heavy atom. The van der Waals surface area contributed by atoms with Crippen molar-refractivity contribution in [3.8, 4) is 0 Å². The summed E-state index contributed by atoms with van der Waals surface area (Å²) in [5, 5.41) is 8.65. The van der Waals surface area contributed by atoms with Gasteiger partial charge in [0.05, 0.1) is 24.5 Å². The number of para-hydroxylation sites is 2. The normalized spacial score (nSPS) is 13.3. The van der Waals surface area contributed by atoms with Gasteiger partial charge in [0.1, 0.15) is 0 Å². The van der Waals surface area contributed by atoms with Crippen LogP contribution in [0.1, 0.15) is 12.8 Å². The highest BCUT2D eigenvalue weighted by Gasteiger charge is 2.18. The molecule has 0 aliphatic carbocycles. The van der Waals surface area contributed by atoms with Gasteiger partial charge in [-0.1, -0.05) is 12.1 Å². The van der Waals surface area contributed by atoms with E-state index in [0.29, 0.717) is 24.5 Å². The molecule has 1 aromatic rings. The van der Waals surface area contributed by atoms with Gasteiger partial charge in [0.2, 0.25) is 5.91 Å². The summed E-state index contributed by atoms with van der Waals surface area (Å²) in [5.74, 6) is -0.163. The topological polar surface area (TPSA) is 82.7 Å². The molecule has 7 nitrogen and oxygen atoms in total. The predicted octanol–water partition coefficient (Wildman–Crippen LogP) is 1.91. The molecular weight excluding hydrogens is 332 g/mol. The van der Waals surface area contributed by atoms with Crippen LogP contribution in [-0.4, -0.2) is 56.7 Å². The molecule has 3 N–H and O–H groups in total. The van der Waals surface area contributed by atoms with Crippen molar-refractivity contribution in [3.63, 3.8) is 0 Å². The maximum atomic E-state index is 12.2. The van der Waals surface area contributed by atoms with Crippen molar-refractivity contribution in [3.05, 3.63) is 24.3 Å². The molecule has 3 amide bonds. The van der Waals surface area contributed by atoms with E-state index in [9.17, 15) is 9.59 Å². The van der Waals surface area contributed by atoms with Crippen LogP contribution >= 0.6 is 12.4 Å². The number of carbonyl (C=O) groups is 2. The Morgan fingerprint density at radius 2 is 1.75 bits per heavy atom. The van der Waals surface area contributed by atoms with E-state index in [0.717, 1.165) is 25.9 Å². The molecule has 0 spiro atoms. The number of carbonyl (C=O) groups excluding carboxylic acids is 2. The van der Waals surface area contributed by atoms with E-state index in [2.05, 4.69) is 16.0 Å². The molecule has 0 saturated carbocycles. The smallest absolute Gasteiger partial charge is 0.321 e. The summed E-state index contributed by atoms with van der Waals surface area (Å²) in [6.45, 7) is 2.92. The van der Waals surface area contributed by atoms with Crippen LogP contribution in [0, 0.1) is 0 Å². The van der Waals surface area contributed by atoms with Crippen LogP contribution in [-0.2, 0) is 9.53 Å². The number of ether oxygens (including phenoxy) is 1. The fourth-order valence-electron chi connectivity index (χ4n) is 2.39. The maximum Gasteiger partial charge on any atom is 0.321 e. The summed E-state index contributed by atoms with van der Waals surface area (Å²) < 4.78 is 4.91. The minimum Gasteiger partial charge on any atom is -0.383 e. The highest BCUT2D eigenvalue weighted by atomic mass is 35.5. The molecule has 1 aliphatic rings. The zero-order valence-electron chi connectivity index (χ0n) is 13.8. The predicted molar refractivity (Wildman–Crippen MR) is 96.9 cm³/mol. The molecule has 1 heterocycles. The number of anilines is 2. The van der Waals surface area contributed by atoms with E-state index in [1.165, 1.54) is 0 Å². The van der Waals surface area contributed by atoms with Gasteiger partial charge in [0, 0.05) is 26.7 Å². The number of nitrogens with one attached hydrogen (secondary N) is 3. The number of benzene rings is 1. The van der Waals surface area contributed by atoms with Crippen molar-refractivity contribution < 1.29 is 14.3 Å². The number of amides is 3. The van der Waals surface area contributed by atoms with Gasteiger partial charge in [0.25, 0.3) is 0 Å². The number of hydrogen-bond acceptors (Lipinski definition) is 4. The van der Waals surface area contributed by atoms with Gasteiger partial charge in [-0.25, -0.2) is 4.79 Å². The molecule has 0 bridgehead atoms. The van der Waals surface area contributed by atoms with E-state index in [-0.39, 0.29) is 30.9 Å². The van der Waals surface area contributed by atoms with Crippen molar-refractivity contribution in [2.75, 3.05) is 50.5 Å². The highest BCUT2D eigenvalue weighted by Crippen LogP contribution is 2.22. The largest absolute Gasteiger partial charge is 0.383 e. The lowest BCUT2D eigenvalue weighted by Gasteiger charge is -2.18. The lowest BCUT2D eigenvalue weighted by molar-refractivity contribution is -0.115. The van der Waals surface area contributed by atoms with E-state index in [1.54, 1.807) is 24.1 Å². The number of rotatable bonds is 7. The van der Waals surface area contributed by atoms with Crippen LogP contribution in [0.5, 0.6) is 0 Å². The Kier molecular flexibility index (Phi) is 9.14. The zero-order chi connectivity index (χ0) is 16.5. The average Bonchev–Trinajstić information content (AvgIpc) is 3.08. The third-order valence-electron chi connectivity index (χ3n) is 3.60. The first-order valence-electron chi connectivity index (χ1n) is 7.85. The molecule has 1 aliphatic heterocycles. The SMILES string of the molecule is COCCNCC(=O)Nc1ccccc1NC(=O)N1CCCC1.Cl. The standard InChI is InChI=1S/C16H24N4O3.ClH/c1-23-11-8-17-12-15(21)18-13-6-2-3-7-14(13)19-16(22)20-9-4-5-10-20;/h2-3,6-7,17H,4-5,8-12H2,1H3,(H,18,21)(H,19,22);1H. The van der Waals surface area contributed by atoms with Crippen molar-refractivity contribution >= 4 is 35.7 Å². The average molecular weight is 357 g/mol. The van der Waals surface area contributed by atoms with Crippen molar-refractivity contribution in [2.24, 2.45) is 0 Å². The summed E-state index contributed by atoms with van der Waals surface area (Å²) in [6.07, 6.45) is 2.08. The molecule has 8 heteroatoms. The summed E-state index contributed by atoms with van der Waals surface area (Å²) >= 11 is 0. The molecule has 24 heavy (non-hydrogen) atoms. The molecule has 1 aromatic carbocycles. The second kappa shape index (κ2) is 10.9. The second-order valence-electron chi connectivity index (χ2n) is 5.39. The number of hydrogen-bond donors (Lipinski definition) is 3. The first-order chi connectivity index (χ1) is 11.2. The van der Waals surface area contributed by atoms with Crippen LogP contribution in [0.3, 0.4) is 0 Å². The van der Waals surface area contributed by atoms with Gasteiger partial charge in [-0.15, -0.1) is 12.4 Å². The first kappa shape index (κ1) is 20.2. The minimum atomic E-state index is -0.163. The number of methoxy groups -OCH3 is 1. The lowest BCUT2D eigenvalue weighted by atomic mass is 10.2. The summed E-state index contributed by atoms with van der Waals surface area (Å²) in [5.41, 5.74) is 1.20. The first-order valence-corrected chi connectivity index (χ1v) is 7.85. The Hall–Kier alpha value is -1.83. The molecule has 0 aromatic heterocycles. The van der Waals surface area contributed by atoms with Gasteiger partial charge in [-0.3, -0.25) is 4.79 Å². The van der Waals surface area contributed by atoms with Gasteiger partial charge in [-0.2, -0.15) is 0 Å². The van der Waals surface area contributed by atoms with Crippen molar-refractivity contribution in [1.29, 1.82) is 0 Å². The summed E-state index contributed by atoms with van der Waals surface area (Å²) in [4.78, 5) is 25.9. The number of halogens is 1. The monoisotopic (exact) mass is 356 g/mol. The summed E-state index contributed by atoms with van der Waals surface area (Å²) in [7, 11) is 1.61. The fourth-order valence-corrected chi connectivity index (χ4v) is 2.39. The Morgan fingerprint density at radius 1 is 1.12 bits per heavy atom. The molecule has 1 fully saturated rings. The maximum absolute atomic E-state index is 12.2. The molecule has 0 unspecified atom stereocenters. The van der Waals surface area contributed by atoms with E-state index < -0.39 is 0 Å². The molecule has 0 radical (unpaired) electrons. The molecule has 2 rings (SSSR count). The number of likely N-dealkylation sites (tertiary alicyclic amines) is 1. The van der Waals surface area contributed by atoms with E-state index in [4.69, 9.17) is 4.74 Å². The van der Waals surface area contributed by atoms with Crippen molar-refractivity contribution in [1.82, 2.24) is 10.2 Å². The number of nitrogens with zero attached hydrogens (tertiary/aromatic N) is 1. The molecule has 1 saturated heterocycles. The molecule has 0 atom stereocenters. The van der Waals surface area contributed by atoms with Crippen LogP contribution in [0.2, 0.25) is 0 Å². The Balaban J connectivity index is 0.00000288. The third-order valence-corrected chi connectivity index (χ3v) is 3.60. The zero-order valence-corrected chi connectivity index (χ0v) is 14.7.